The van der Waals surface area contributed by atoms with E-state index >= 15 is 0 Å². The summed E-state index contributed by atoms with van der Waals surface area (Å²) < 4.78 is 54.0. The van der Waals surface area contributed by atoms with Gasteiger partial charge in [-0.05, 0) is 38.1 Å². The molecule has 0 unspecified atom stereocenters. The molecule has 1 heterocycles. The average molecular weight is 524 g/mol. The molecule has 3 N–H and O–H groups in total. The van der Waals surface area contributed by atoms with Crippen LogP contribution in [0.2, 0.25) is 0 Å². The Morgan fingerprint density at radius 1 is 0.794 bits per heavy atom. The van der Waals surface area contributed by atoms with Gasteiger partial charge in [0, 0.05) is 25.9 Å². The van der Waals surface area contributed by atoms with Gasteiger partial charge in [0.25, 0.3) is 0 Å². The van der Waals surface area contributed by atoms with E-state index in [4.69, 9.17) is 0 Å². The molecule has 34 heavy (non-hydrogen) atoms. The number of nitrogens with zero attached hydrogens (tertiary/aromatic N) is 2. The van der Waals surface area contributed by atoms with E-state index in [0.717, 1.165) is 22.5 Å². The molecule has 0 atom stereocenters. The molecule has 0 spiro atoms. The minimum Gasteiger partial charge on any atom is -0.300 e. The smallest absolute Gasteiger partial charge is 0.240 e. The fraction of sp³-hybridized carbons (Fsp3) is 0.286. The molecule has 1 amide bonds. The predicted octanol–water partition coefficient (Wildman–Crippen LogP) is 1.98. The second-order valence-corrected chi connectivity index (χ2v) is 12.1. The molecule has 0 aliphatic rings. The van der Waals surface area contributed by atoms with Crippen LogP contribution in [0.15, 0.2) is 58.3 Å². The lowest BCUT2D eigenvalue weighted by atomic mass is 10.2. The van der Waals surface area contributed by atoms with Crippen molar-refractivity contribution in [2.75, 3.05) is 18.4 Å². The van der Waals surface area contributed by atoms with E-state index in [1.54, 1.807) is 24.3 Å². The van der Waals surface area contributed by atoms with E-state index in [2.05, 4.69) is 25.0 Å². The molecule has 182 valence electrons. The number of sulfonamides is 2. The minimum absolute atomic E-state index is 0.0749. The first-order valence-corrected chi connectivity index (χ1v) is 14.1. The summed E-state index contributed by atoms with van der Waals surface area (Å²) in [5.41, 5.74) is 1.91. The van der Waals surface area contributed by atoms with Crippen molar-refractivity contribution in [3.05, 3.63) is 64.7 Å². The maximum atomic E-state index is 12.3. The number of carbonyl (C=O) groups is 1. The first kappa shape index (κ1) is 25.9. The molecule has 0 aliphatic heterocycles. The van der Waals surface area contributed by atoms with E-state index in [1.165, 1.54) is 24.3 Å². The van der Waals surface area contributed by atoms with Gasteiger partial charge in [-0.25, -0.2) is 26.3 Å². The first-order chi connectivity index (χ1) is 16.0. The second kappa shape index (κ2) is 11.1. The highest BCUT2D eigenvalue weighted by atomic mass is 32.2. The van der Waals surface area contributed by atoms with Gasteiger partial charge in [-0.3, -0.25) is 4.79 Å². The summed E-state index contributed by atoms with van der Waals surface area (Å²) in [6.07, 6.45) is 0.214. The monoisotopic (exact) mass is 523 g/mol. The highest BCUT2D eigenvalue weighted by Gasteiger charge is 2.16. The molecule has 0 saturated heterocycles. The van der Waals surface area contributed by atoms with Crippen molar-refractivity contribution in [1.82, 2.24) is 19.6 Å². The SMILES string of the molecule is Cc1ccc(S(=O)(=O)NCCC(=O)Nc2nnc(CCNS(=O)(=O)c3ccc(C)cc3)s2)cc1. The zero-order chi connectivity index (χ0) is 24.8. The fourth-order valence-electron chi connectivity index (χ4n) is 2.78. The Kier molecular flexibility index (Phi) is 8.49. The molecule has 0 bridgehead atoms. The van der Waals surface area contributed by atoms with E-state index in [-0.39, 0.29) is 34.4 Å². The lowest BCUT2D eigenvalue weighted by molar-refractivity contribution is -0.116. The van der Waals surface area contributed by atoms with Crippen LogP contribution >= 0.6 is 11.3 Å². The van der Waals surface area contributed by atoms with Gasteiger partial charge in [0.05, 0.1) is 9.79 Å². The number of nitrogens with one attached hydrogen (secondary N) is 3. The number of rotatable bonds is 11. The van der Waals surface area contributed by atoms with Crippen LogP contribution in [0.3, 0.4) is 0 Å². The minimum atomic E-state index is -3.70. The molecule has 0 fully saturated rings. The molecule has 0 radical (unpaired) electrons. The van der Waals surface area contributed by atoms with Gasteiger partial charge < -0.3 is 5.32 Å². The summed E-state index contributed by atoms with van der Waals surface area (Å²) in [6, 6.07) is 12.9. The largest absolute Gasteiger partial charge is 0.300 e. The average Bonchev–Trinajstić information content (AvgIpc) is 3.21. The summed E-state index contributed by atoms with van der Waals surface area (Å²) in [4.78, 5) is 12.4. The number of aromatic nitrogens is 2. The van der Waals surface area contributed by atoms with Crippen molar-refractivity contribution >= 4 is 42.4 Å². The maximum absolute atomic E-state index is 12.3. The highest BCUT2D eigenvalue weighted by molar-refractivity contribution is 7.89. The van der Waals surface area contributed by atoms with Crippen molar-refractivity contribution in [2.24, 2.45) is 0 Å². The van der Waals surface area contributed by atoms with Gasteiger partial charge in [-0.15, -0.1) is 10.2 Å². The Bertz CT molecular complexity index is 1340. The number of anilines is 1. The van der Waals surface area contributed by atoms with Gasteiger partial charge in [-0.1, -0.05) is 46.7 Å². The standard InChI is InChI=1S/C21H25N5O5S3/c1-15-3-7-17(8-4-15)33(28,29)22-13-11-19(27)24-21-26-25-20(32-21)12-14-23-34(30,31)18-9-5-16(2)6-10-18/h3-10,22-23H,11-14H2,1-2H3,(H,24,26,27). The Morgan fingerprint density at radius 2 is 1.29 bits per heavy atom. The zero-order valence-corrected chi connectivity index (χ0v) is 21.1. The Hall–Kier alpha value is -2.71. The maximum Gasteiger partial charge on any atom is 0.240 e. The molecule has 3 rings (SSSR count). The van der Waals surface area contributed by atoms with Gasteiger partial charge in [-0.2, -0.15) is 0 Å². The Balaban J connectivity index is 1.43. The van der Waals surface area contributed by atoms with Crippen LogP contribution in [0, 0.1) is 13.8 Å². The van der Waals surface area contributed by atoms with Crippen LogP contribution in [0.5, 0.6) is 0 Å². The van der Waals surface area contributed by atoms with Crippen molar-refractivity contribution < 1.29 is 21.6 Å². The molecular weight excluding hydrogens is 498 g/mol. The fourth-order valence-corrected chi connectivity index (χ4v) is 5.60. The van der Waals surface area contributed by atoms with Crippen LogP contribution in [-0.2, 0) is 31.3 Å². The number of carbonyl (C=O) groups excluding carboxylic acids is 1. The second-order valence-electron chi connectivity index (χ2n) is 7.47. The summed E-state index contributed by atoms with van der Waals surface area (Å²) in [6.45, 7) is 3.78. The Labute approximate surface area is 202 Å². The molecule has 1 aromatic heterocycles. The van der Waals surface area contributed by atoms with Crippen LogP contribution in [0.25, 0.3) is 0 Å². The summed E-state index contributed by atoms with van der Waals surface area (Å²) in [5.74, 6) is -0.422. The van der Waals surface area contributed by atoms with Crippen LogP contribution < -0.4 is 14.8 Å². The highest BCUT2D eigenvalue weighted by Crippen LogP contribution is 2.16. The van der Waals surface area contributed by atoms with Crippen molar-refractivity contribution in [3.63, 3.8) is 0 Å². The number of hydrogen-bond acceptors (Lipinski definition) is 8. The lowest BCUT2D eigenvalue weighted by Crippen LogP contribution is -2.27. The summed E-state index contributed by atoms with van der Waals surface area (Å²) >= 11 is 1.12. The summed E-state index contributed by atoms with van der Waals surface area (Å²) in [7, 11) is -7.32. The van der Waals surface area contributed by atoms with E-state index in [9.17, 15) is 21.6 Å². The Morgan fingerprint density at radius 3 is 1.82 bits per heavy atom. The number of amides is 1. The third-order valence-corrected chi connectivity index (χ3v) is 8.50. The molecule has 13 heteroatoms. The topological polar surface area (TPSA) is 147 Å². The molecular formula is C21H25N5O5S3. The van der Waals surface area contributed by atoms with E-state index in [0.29, 0.717) is 11.4 Å². The molecule has 0 aliphatic carbocycles. The predicted molar refractivity (Wildman–Crippen MR) is 130 cm³/mol. The molecule has 10 nitrogen and oxygen atoms in total. The van der Waals surface area contributed by atoms with Crippen molar-refractivity contribution in [3.8, 4) is 0 Å². The van der Waals surface area contributed by atoms with Crippen molar-refractivity contribution in [2.45, 2.75) is 36.5 Å². The van der Waals surface area contributed by atoms with Gasteiger partial charge >= 0.3 is 0 Å². The van der Waals surface area contributed by atoms with Crippen molar-refractivity contribution in [1.29, 1.82) is 0 Å². The molecule has 3 aromatic rings. The quantitative estimate of drug-likeness (QED) is 0.348. The van der Waals surface area contributed by atoms with Crippen LogP contribution in [-0.4, -0.2) is 46.0 Å². The van der Waals surface area contributed by atoms with E-state index in [1.807, 2.05) is 13.8 Å². The molecule has 0 saturated carbocycles. The number of hydrogen-bond donors (Lipinski definition) is 3. The molecule has 2 aromatic carbocycles. The van der Waals surface area contributed by atoms with Gasteiger partial charge in [0.1, 0.15) is 5.01 Å². The van der Waals surface area contributed by atoms with Crippen LogP contribution in [0.1, 0.15) is 22.6 Å². The zero-order valence-electron chi connectivity index (χ0n) is 18.6. The van der Waals surface area contributed by atoms with Crippen LogP contribution in [0.4, 0.5) is 5.13 Å². The number of benzene rings is 2. The number of aryl methyl sites for hydroxylation is 2. The lowest BCUT2D eigenvalue weighted by Gasteiger charge is -2.07. The third kappa shape index (κ3) is 7.40. The third-order valence-electron chi connectivity index (χ3n) is 4.65. The normalized spacial score (nSPS) is 11.9. The first-order valence-electron chi connectivity index (χ1n) is 10.3. The van der Waals surface area contributed by atoms with E-state index < -0.39 is 26.0 Å². The van der Waals surface area contributed by atoms with Gasteiger partial charge in [0.2, 0.25) is 31.1 Å². The summed E-state index contributed by atoms with van der Waals surface area (Å²) in [5, 5.41) is 11.2. The van der Waals surface area contributed by atoms with Gasteiger partial charge in [0.15, 0.2) is 0 Å².